The van der Waals surface area contributed by atoms with Crippen LogP contribution >= 0.6 is 0 Å². The fraction of sp³-hybridized carbons (Fsp3) is 0.778. The van der Waals surface area contributed by atoms with E-state index in [2.05, 4.69) is 36.3 Å². The van der Waals surface area contributed by atoms with Crippen molar-refractivity contribution in [3.63, 3.8) is 0 Å². The summed E-state index contributed by atoms with van der Waals surface area (Å²) in [5.74, 6) is 0. The van der Waals surface area contributed by atoms with E-state index >= 15 is 0 Å². The Bertz CT molecular complexity index is 106. The first kappa shape index (κ1) is 10.5. The van der Waals surface area contributed by atoms with Crippen LogP contribution in [0.4, 0.5) is 0 Å². The fourth-order valence-electron chi connectivity index (χ4n) is 1.23. The molecule has 11 heavy (non-hydrogen) atoms. The summed E-state index contributed by atoms with van der Waals surface area (Å²) in [5.41, 5.74) is 0. The number of hydrogen-bond acceptors (Lipinski definition) is 2. The van der Waals surface area contributed by atoms with Gasteiger partial charge in [-0.05, 0) is 33.5 Å². The molecule has 0 bridgehead atoms. The Balaban J connectivity index is 3.97. The third kappa shape index (κ3) is 3.42. The Kier molecular flexibility index (Phi) is 5.94. The Morgan fingerprint density at radius 3 is 2.36 bits per heavy atom. The quantitative estimate of drug-likeness (QED) is 0.611. The van der Waals surface area contributed by atoms with Crippen molar-refractivity contribution in [1.29, 1.82) is 0 Å². The van der Waals surface area contributed by atoms with Crippen LogP contribution in [0.15, 0.2) is 12.3 Å². The summed E-state index contributed by atoms with van der Waals surface area (Å²) >= 11 is 0. The lowest BCUT2D eigenvalue weighted by Gasteiger charge is -2.28. The van der Waals surface area contributed by atoms with Crippen LogP contribution in [0.25, 0.3) is 0 Å². The molecular weight excluding hydrogens is 136 g/mol. The zero-order valence-corrected chi connectivity index (χ0v) is 8.09. The Morgan fingerprint density at radius 2 is 2.09 bits per heavy atom. The lowest BCUT2D eigenvalue weighted by molar-refractivity contribution is 0.248. The molecule has 0 rings (SSSR count). The average Bonchev–Trinajstić information content (AvgIpc) is 2.05. The van der Waals surface area contributed by atoms with E-state index in [4.69, 9.17) is 0 Å². The minimum Gasteiger partial charge on any atom is -0.363 e. The van der Waals surface area contributed by atoms with E-state index in [1.165, 1.54) is 0 Å². The molecule has 0 heterocycles. The molecule has 0 aromatic heterocycles. The molecule has 1 unspecified atom stereocenters. The molecule has 66 valence electrons. The van der Waals surface area contributed by atoms with E-state index in [1.807, 2.05) is 14.0 Å². The van der Waals surface area contributed by atoms with Crippen molar-refractivity contribution in [3.8, 4) is 0 Å². The molecule has 2 nitrogen and oxygen atoms in total. The molecule has 0 aliphatic rings. The predicted molar refractivity (Wildman–Crippen MR) is 50.3 cm³/mol. The van der Waals surface area contributed by atoms with Gasteiger partial charge >= 0.3 is 0 Å². The van der Waals surface area contributed by atoms with Crippen molar-refractivity contribution in [3.05, 3.63) is 12.3 Å². The van der Waals surface area contributed by atoms with Gasteiger partial charge in [-0.1, -0.05) is 13.0 Å². The second-order valence-corrected chi connectivity index (χ2v) is 2.53. The maximum atomic E-state index is 3.26. The lowest BCUT2D eigenvalue weighted by Crippen LogP contribution is -2.40. The molecule has 0 radical (unpaired) electrons. The molecular formula is C9H20N2. The smallest absolute Gasteiger partial charge is 0.0784 e. The van der Waals surface area contributed by atoms with E-state index < -0.39 is 0 Å². The van der Waals surface area contributed by atoms with Gasteiger partial charge in [-0.3, -0.25) is 0 Å². The summed E-state index contributed by atoms with van der Waals surface area (Å²) in [6, 6.07) is 0. The van der Waals surface area contributed by atoms with Gasteiger partial charge in [0.25, 0.3) is 0 Å². The molecule has 2 heteroatoms. The summed E-state index contributed by atoms with van der Waals surface area (Å²) in [5, 5.41) is 3.26. The van der Waals surface area contributed by atoms with Crippen LogP contribution in [0.5, 0.6) is 0 Å². The number of rotatable bonds is 5. The van der Waals surface area contributed by atoms with Crippen LogP contribution in [0.3, 0.4) is 0 Å². The zero-order chi connectivity index (χ0) is 8.69. The number of allylic oxidation sites excluding steroid dienone is 1. The maximum Gasteiger partial charge on any atom is 0.0784 e. The summed E-state index contributed by atoms with van der Waals surface area (Å²) in [6.07, 6.45) is 5.82. The molecule has 0 spiro atoms. The van der Waals surface area contributed by atoms with E-state index in [9.17, 15) is 0 Å². The highest BCUT2D eigenvalue weighted by atomic mass is 15.2. The molecule has 0 aromatic carbocycles. The second kappa shape index (κ2) is 6.23. The third-order valence-electron chi connectivity index (χ3n) is 1.83. The maximum absolute atomic E-state index is 3.26. The number of nitrogens with zero attached hydrogens (tertiary/aromatic N) is 1. The van der Waals surface area contributed by atoms with Crippen LogP contribution < -0.4 is 5.32 Å². The molecule has 1 atom stereocenters. The van der Waals surface area contributed by atoms with Gasteiger partial charge in [-0.25, -0.2) is 0 Å². The van der Waals surface area contributed by atoms with E-state index in [0.717, 1.165) is 13.0 Å². The second-order valence-electron chi connectivity index (χ2n) is 2.53. The highest BCUT2D eigenvalue weighted by molar-refractivity contribution is 4.81. The molecule has 0 aliphatic heterocycles. The van der Waals surface area contributed by atoms with Crippen LogP contribution in [0, 0.1) is 0 Å². The molecule has 0 amide bonds. The normalized spacial score (nSPS) is 13.8. The van der Waals surface area contributed by atoms with Crippen molar-refractivity contribution in [2.24, 2.45) is 0 Å². The summed E-state index contributed by atoms with van der Waals surface area (Å²) in [7, 11) is 2.00. The highest BCUT2D eigenvalue weighted by Crippen LogP contribution is 2.00. The molecule has 0 saturated heterocycles. The SMILES string of the molecule is C/C=C\N(CC)C(CC)NC. The van der Waals surface area contributed by atoms with Gasteiger partial charge in [0.05, 0.1) is 6.17 Å². The van der Waals surface area contributed by atoms with Crippen molar-refractivity contribution in [2.45, 2.75) is 33.4 Å². The third-order valence-corrected chi connectivity index (χ3v) is 1.83. The minimum atomic E-state index is 0.483. The Labute approximate surface area is 70.3 Å². The highest BCUT2D eigenvalue weighted by Gasteiger charge is 2.06. The Morgan fingerprint density at radius 1 is 1.45 bits per heavy atom. The van der Waals surface area contributed by atoms with Gasteiger partial charge in [-0.15, -0.1) is 0 Å². The summed E-state index contributed by atoms with van der Waals surface area (Å²) < 4.78 is 0. The lowest BCUT2D eigenvalue weighted by atomic mass is 10.3. The summed E-state index contributed by atoms with van der Waals surface area (Å²) in [4.78, 5) is 2.29. The minimum absolute atomic E-state index is 0.483. The van der Waals surface area contributed by atoms with Crippen molar-refractivity contribution < 1.29 is 0 Å². The largest absolute Gasteiger partial charge is 0.363 e. The molecule has 1 N–H and O–H groups in total. The van der Waals surface area contributed by atoms with Gasteiger partial charge < -0.3 is 10.2 Å². The van der Waals surface area contributed by atoms with Crippen LogP contribution in [-0.4, -0.2) is 24.7 Å². The molecule has 0 fully saturated rings. The number of nitrogens with one attached hydrogen (secondary N) is 1. The average molecular weight is 156 g/mol. The molecule has 0 saturated carbocycles. The standard InChI is InChI=1S/C9H20N2/c1-5-8-11(7-3)9(6-2)10-4/h5,8-10H,6-7H2,1-4H3/b8-5-. The van der Waals surface area contributed by atoms with Gasteiger partial charge in [0.1, 0.15) is 0 Å². The Hall–Kier alpha value is -0.500. The molecule has 0 aliphatic carbocycles. The monoisotopic (exact) mass is 156 g/mol. The van der Waals surface area contributed by atoms with E-state index in [-0.39, 0.29) is 0 Å². The van der Waals surface area contributed by atoms with Gasteiger partial charge in [-0.2, -0.15) is 0 Å². The van der Waals surface area contributed by atoms with E-state index in [1.54, 1.807) is 0 Å². The van der Waals surface area contributed by atoms with Gasteiger partial charge in [0, 0.05) is 6.54 Å². The zero-order valence-electron chi connectivity index (χ0n) is 8.09. The van der Waals surface area contributed by atoms with Crippen molar-refractivity contribution in [2.75, 3.05) is 13.6 Å². The topological polar surface area (TPSA) is 15.3 Å². The van der Waals surface area contributed by atoms with Gasteiger partial charge in [0.15, 0.2) is 0 Å². The van der Waals surface area contributed by atoms with Gasteiger partial charge in [0.2, 0.25) is 0 Å². The summed E-state index contributed by atoms with van der Waals surface area (Å²) in [6.45, 7) is 7.46. The van der Waals surface area contributed by atoms with Crippen LogP contribution in [0.2, 0.25) is 0 Å². The first-order chi connectivity index (χ1) is 5.29. The van der Waals surface area contributed by atoms with E-state index in [0.29, 0.717) is 6.17 Å². The van der Waals surface area contributed by atoms with Crippen molar-refractivity contribution >= 4 is 0 Å². The molecule has 0 aromatic rings. The first-order valence-electron chi connectivity index (χ1n) is 4.35. The van der Waals surface area contributed by atoms with Crippen LogP contribution in [0.1, 0.15) is 27.2 Å². The first-order valence-corrected chi connectivity index (χ1v) is 4.35. The predicted octanol–water partition coefficient (Wildman–Crippen LogP) is 1.80. The fourth-order valence-corrected chi connectivity index (χ4v) is 1.23. The van der Waals surface area contributed by atoms with Crippen LogP contribution in [-0.2, 0) is 0 Å². The van der Waals surface area contributed by atoms with Crippen molar-refractivity contribution in [1.82, 2.24) is 10.2 Å². The number of hydrogen-bond donors (Lipinski definition) is 1.